The first-order valence-corrected chi connectivity index (χ1v) is 4.75. The number of fused-ring (bicyclic) bond motifs is 1. The number of nitrogens with zero attached hydrogens (tertiary/aromatic N) is 1. The molecule has 0 amide bonds. The maximum Gasteiger partial charge on any atom is 0.166 e. The summed E-state index contributed by atoms with van der Waals surface area (Å²) in [5, 5.41) is 0.950. The molecule has 61 valence electrons. The summed E-state index contributed by atoms with van der Waals surface area (Å²) >= 11 is 1.62. The zero-order valence-corrected chi connectivity index (χ0v) is 7.40. The van der Waals surface area contributed by atoms with E-state index in [9.17, 15) is 0 Å². The molecule has 3 heteroatoms. The number of hydrogen-bond donors (Lipinski definition) is 1. The molecule has 2 aromatic rings. The molecular weight excluding hydrogens is 168 g/mol. The van der Waals surface area contributed by atoms with Crippen LogP contribution in [0.25, 0.3) is 11.0 Å². The summed E-state index contributed by atoms with van der Waals surface area (Å²) in [5.41, 5.74) is 2.11. The summed E-state index contributed by atoms with van der Waals surface area (Å²) in [6.07, 6.45) is 0. The Morgan fingerprint density at radius 1 is 1.42 bits per heavy atom. The zero-order chi connectivity index (χ0) is 8.39. The third-order valence-corrected chi connectivity index (χ3v) is 2.28. The van der Waals surface area contributed by atoms with Crippen LogP contribution in [0, 0.1) is 6.92 Å². The molecule has 1 aromatic carbocycles. The van der Waals surface area contributed by atoms with Crippen molar-refractivity contribution in [3.05, 3.63) is 31.2 Å². The van der Waals surface area contributed by atoms with E-state index < -0.39 is 0 Å². The van der Waals surface area contributed by atoms with E-state index in [0.717, 1.165) is 21.9 Å². The molecule has 0 spiro atoms. The van der Waals surface area contributed by atoms with Crippen molar-refractivity contribution >= 4 is 22.8 Å². The number of imidazole rings is 1. The van der Waals surface area contributed by atoms with Gasteiger partial charge in [0.15, 0.2) is 5.16 Å². The molecule has 12 heavy (non-hydrogen) atoms. The van der Waals surface area contributed by atoms with E-state index >= 15 is 0 Å². The van der Waals surface area contributed by atoms with E-state index in [1.165, 1.54) is 0 Å². The van der Waals surface area contributed by atoms with Crippen LogP contribution >= 0.6 is 11.8 Å². The monoisotopic (exact) mass is 177 g/mol. The van der Waals surface area contributed by atoms with Gasteiger partial charge >= 0.3 is 0 Å². The molecule has 1 N–H and O–H groups in total. The molecule has 2 nitrogen and oxygen atoms in total. The summed E-state index contributed by atoms with van der Waals surface area (Å²) in [4.78, 5) is 7.58. The maximum atomic E-state index is 4.37. The standard InChI is InChI=1S/C9H9N2S/c1-2-12-9-10-7-5-3-4-6-8(7)11-9/h3-6H,1-2H2,(H,10,11). The van der Waals surface area contributed by atoms with Gasteiger partial charge in [0.2, 0.25) is 0 Å². The van der Waals surface area contributed by atoms with Crippen molar-refractivity contribution in [1.29, 1.82) is 0 Å². The highest BCUT2D eigenvalue weighted by Crippen LogP contribution is 2.17. The van der Waals surface area contributed by atoms with Crippen LogP contribution in [0.2, 0.25) is 0 Å². The fraction of sp³-hybridized carbons (Fsp3) is 0.111. The van der Waals surface area contributed by atoms with E-state index in [2.05, 4.69) is 16.9 Å². The van der Waals surface area contributed by atoms with Gasteiger partial charge in [0.05, 0.1) is 11.0 Å². The molecule has 0 saturated heterocycles. The van der Waals surface area contributed by atoms with Gasteiger partial charge in [-0.15, -0.1) is 0 Å². The number of thioether (sulfide) groups is 1. The van der Waals surface area contributed by atoms with Gasteiger partial charge in [-0.1, -0.05) is 23.9 Å². The molecule has 0 unspecified atom stereocenters. The first kappa shape index (κ1) is 7.68. The fourth-order valence-electron chi connectivity index (χ4n) is 1.09. The van der Waals surface area contributed by atoms with E-state index in [4.69, 9.17) is 0 Å². The van der Waals surface area contributed by atoms with Crippen molar-refractivity contribution in [3.8, 4) is 0 Å². The van der Waals surface area contributed by atoms with Crippen LogP contribution in [-0.4, -0.2) is 15.7 Å². The second-order valence-corrected chi connectivity index (χ2v) is 3.49. The molecular formula is C9H9N2S. The van der Waals surface area contributed by atoms with Crippen LogP contribution in [0.1, 0.15) is 0 Å². The fourth-order valence-corrected chi connectivity index (χ4v) is 1.63. The minimum Gasteiger partial charge on any atom is -0.333 e. The van der Waals surface area contributed by atoms with E-state index in [1.54, 1.807) is 11.8 Å². The number of para-hydroxylation sites is 2. The largest absolute Gasteiger partial charge is 0.333 e. The number of benzene rings is 1. The van der Waals surface area contributed by atoms with Gasteiger partial charge in [0.1, 0.15) is 0 Å². The third-order valence-electron chi connectivity index (χ3n) is 1.61. The first-order valence-electron chi connectivity index (χ1n) is 3.77. The molecule has 1 aromatic heterocycles. The van der Waals surface area contributed by atoms with Crippen molar-refractivity contribution in [2.24, 2.45) is 0 Å². The lowest BCUT2D eigenvalue weighted by atomic mass is 10.3. The predicted octanol–water partition coefficient (Wildman–Crippen LogP) is 2.49. The lowest BCUT2D eigenvalue weighted by molar-refractivity contribution is 1.08. The third kappa shape index (κ3) is 1.32. The Morgan fingerprint density at radius 3 is 3.00 bits per heavy atom. The average Bonchev–Trinajstić information content (AvgIpc) is 2.47. The topological polar surface area (TPSA) is 28.7 Å². The van der Waals surface area contributed by atoms with E-state index in [-0.39, 0.29) is 0 Å². The number of hydrogen-bond acceptors (Lipinski definition) is 2. The van der Waals surface area contributed by atoms with E-state index in [1.807, 2.05) is 24.3 Å². The molecule has 1 heterocycles. The van der Waals surface area contributed by atoms with Gasteiger partial charge in [0, 0.05) is 5.75 Å². The molecule has 0 bridgehead atoms. The zero-order valence-electron chi connectivity index (χ0n) is 6.58. The Hall–Kier alpha value is -0.960. The first-order chi connectivity index (χ1) is 5.90. The van der Waals surface area contributed by atoms with Gasteiger partial charge in [-0.25, -0.2) is 4.98 Å². The highest BCUT2D eigenvalue weighted by molar-refractivity contribution is 7.99. The van der Waals surface area contributed by atoms with Gasteiger partial charge in [-0.3, -0.25) is 0 Å². The second-order valence-electron chi connectivity index (χ2n) is 2.41. The molecule has 0 atom stereocenters. The lowest BCUT2D eigenvalue weighted by Crippen LogP contribution is -1.73. The van der Waals surface area contributed by atoms with Crippen LogP contribution in [0.3, 0.4) is 0 Å². The molecule has 2 rings (SSSR count). The summed E-state index contributed by atoms with van der Waals surface area (Å²) < 4.78 is 0. The summed E-state index contributed by atoms with van der Waals surface area (Å²) in [5.74, 6) is 0.805. The summed E-state index contributed by atoms with van der Waals surface area (Å²) in [6.45, 7) is 3.75. The van der Waals surface area contributed by atoms with Gasteiger partial charge < -0.3 is 4.98 Å². The highest BCUT2D eigenvalue weighted by atomic mass is 32.2. The minimum absolute atomic E-state index is 0.805. The summed E-state index contributed by atoms with van der Waals surface area (Å²) in [6, 6.07) is 8.01. The van der Waals surface area contributed by atoms with Crippen LogP contribution in [0.5, 0.6) is 0 Å². The number of aromatic nitrogens is 2. The average molecular weight is 177 g/mol. The molecule has 0 aliphatic carbocycles. The van der Waals surface area contributed by atoms with Crippen molar-refractivity contribution in [2.75, 3.05) is 5.75 Å². The molecule has 0 fully saturated rings. The normalized spacial score (nSPS) is 10.8. The molecule has 0 saturated carbocycles. The maximum absolute atomic E-state index is 4.37. The number of nitrogens with one attached hydrogen (secondary N) is 1. The molecule has 0 aliphatic heterocycles. The van der Waals surface area contributed by atoms with Crippen LogP contribution in [0.15, 0.2) is 29.4 Å². The van der Waals surface area contributed by atoms with Gasteiger partial charge in [0.25, 0.3) is 0 Å². The number of H-pyrrole nitrogens is 1. The van der Waals surface area contributed by atoms with Gasteiger partial charge in [-0.05, 0) is 19.1 Å². The number of aromatic amines is 1. The minimum atomic E-state index is 0.805. The Kier molecular flexibility index (Phi) is 2.04. The quantitative estimate of drug-likeness (QED) is 0.714. The lowest BCUT2D eigenvalue weighted by Gasteiger charge is -1.86. The SMILES string of the molecule is [CH2]CSc1nc2ccccc2[nH]1. The number of rotatable bonds is 2. The van der Waals surface area contributed by atoms with E-state index in [0.29, 0.717) is 0 Å². The van der Waals surface area contributed by atoms with Crippen LogP contribution in [0.4, 0.5) is 0 Å². The van der Waals surface area contributed by atoms with Crippen molar-refractivity contribution in [2.45, 2.75) is 5.16 Å². The highest BCUT2D eigenvalue weighted by Gasteiger charge is 1.99. The second kappa shape index (κ2) is 3.19. The Balaban J connectivity index is 2.47. The smallest absolute Gasteiger partial charge is 0.166 e. The summed E-state index contributed by atoms with van der Waals surface area (Å²) in [7, 11) is 0. The Bertz CT molecular complexity index is 348. The van der Waals surface area contributed by atoms with Gasteiger partial charge in [-0.2, -0.15) is 0 Å². The van der Waals surface area contributed by atoms with Crippen LogP contribution in [-0.2, 0) is 0 Å². The van der Waals surface area contributed by atoms with Crippen molar-refractivity contribution in [3.63, 3.8) is 0 Å². The van der Waals surface area contributed by atoms with Crippen molar-refractivity contribution in [1.82, 2.24) is 9.97 Å². The predicted molar refractivity (Wildman–Crippen MR) is 52.2 cm³/mol. The Labute approximate surface area is 75.4 Å². The molecule has 0 aliphatic rings. The van der Waals surface area contributed by atoms with Crippen LogP contribution < -0.4 is 0 Å². The molecule has 1 radical (unpaired) electrons. The Morgan fingerprint density at radius 2 is 2.25 bits per heavy atom. The van der Waals surface area contributed by atoms with Crippen molar-refractivity contribution < 1.29 is 0 Å².